The van der Waals surface area contributed by atoms with Gasteiger partial charge in [-0.3, -0.25) is 9.59 Å². The standard InChI is InChI=1S/C22H27N3O5S/c1-15-12-16(2)21(31(3,28)29)19(13-15)23-14-20(26)24-18-7-5-4-6-17(18)22(27)25-8-10-30-11-9-25/h4-7,12-13,23H,8-11,14H2,1-3H3,(H,24,26). The Morgan fingerprint density at radius 2 is 1.74 bits per heavy atom. The molecule has 0 aliphatic carbocycles. The summed E-state index contributed by atoms with van der Waals surface area (Å²) >= 11 is 0. The summed E-state index contributed by atoms with van der Waals surface area (Å²) in [5.74, 6) is -0.554. The molecule has 1 aliphatic heterocycles. The van der Waals surface area contributed by atoms with Gasteiger partial charge < -0.3 is 20.3 Å². The second-order valence-corrected chi connectivity index (χ2v) is 9.54. The monoisotopic (exact) mass is 445 g/mol. The number of hydrogen-bond donors (Lipinski definition) is 2. The van der Waals surface area contributed by atoms with Crippen molar-refractivity contribution < 1.29 is 22.7 Å². The third kappa shape index (κ3) is 5.62. The van der Waals surface area contributed by atoms with E-state index in [-0.39, 0.29) is 23.3 Å². The van der Waals surface area contributed by atoms with Crippen molar-refractivity contribution in [2.75, 3.05) is 49.7 Å². The first-order valence-electron chi connectivity index (χ1n) is 9.98. The molecule has 31 heavy (non-hydrogen) atoms. The van der Waals surface area contributed by atoms with Crippen molar-refractivity contribution in [2.45, 2.75) is 18.7 Å². The van der Waals surface area contributed by atoms with Crippen LogP contribution in [0.1, 0.15) is 21.5 Å². The summed E-state index contributed by atoms with van der Waals surface area (Å²) in [7, 11) is -3.47. The maximum atomic E-state index is 12.8. The Morgan fingerprint density at radius 1 is 1.06 bits per heavy atom. The number of sulfone groups is 1. The van der Waals surface area contributed by atoms with Gasteiger partial charge in [0, 0.05) is 19.3 Å². The average Bonchev–Trinajstić information content (AvgIpc) is 2.71. The molecule has 1 fully saturated rings. The number of amides is 2. The molecule has 2 aromatic rings. The first kappa shape index (κ1) is 22.8. The second kappa shape index (κ2) is 9.49. The highest BCUT2D eigenvalue weighted by molar-refractivity contribution is 7.91. The summed E-state index contributed by atoms with van der Waals surface area (Å²) in [6.45, 7) is 5.42. The van der Waals surface area contributed by atoms with Gasteiger partial charge in [-0.2, -0.15) is 0 Å². The zero-order valence-corrected chi connectivity index (χ0v) is 18.7. The van der Waals surface area contributed by atoms with Gasteiger partial charge in [0.1, 0.15) is 0 Å². The summed E-state index contributed by atoms with van der Waals surface area (Å²) in [4.78, 5) is 27.3. The fourth-order valence-electron chi connectivity index (χ4n) is 3.66. The molecule has 2 amide bonds. The lowest BCUT2D eigenvalue weighted by Gasteiger charge is -2.27. The van der Waals surface area contributed by atoms with Crippen LogP contribution < -0.4 is 10.6 Å². The lowest BCUT2D eigenvalue weighted by Crippen LogP contribution is -2.41. The van der Waals surface area contributed by atoms with Gasteiger partial charge in [-0.1, -0.05) is 18.2 Å². The molecule has 2 aromatic carbocycles. The number of hydrogen-bond acceptors (Lipinski definition) is 6. The van der Waals surface area contributed by atoms with Crippen molar-refractivity contribution in [3.8, 4) is 0 Å². The van der Waals surface area contributed by atoms with E-state index in [9.17, 15) is 18.0 Å². The van der Waals surface area contributed by atoms with Crippen LogP contribution in [0.5, 0.6) is 0 Å². The van der Waals surface area contributed by atoms with Crippen molar-refractivity contribution >= 4 is 33.0 Å². The minimum atomic E-state index is -3.47. The van der Waals surface area contributed by atoms with Crippen molar-refractivity contribution in [1.82, 2.24) is 4.90 Å². The Hall–Kier alpha value is -2.91. The van der Waals surface area contributed by atoms with Gasteiger partial charge in [0.15, 0.2) is 9.84 Å². The van der Waals surface area contributed by atoms with Crippen LogP contribution in [0.25, 0.3) is 0 Å². The average molecular weight is 446 g/mol. The zero-order chi connectivity index (χ0) is 22.6. The number of rotatable bonds is 6. The number of carbonyl (C=O) groups excluding carboxylic acids is 2. The largest absolute Gasteiger partial charge is 0.378 e. The van der Waals surface area contributed by atoms with Crippen LogP contribution in [0.3, 0.4) is 0 Å². The Bertz CT molecular complexity index is 1090. The van der Waals surface area contributed by atoms with E-state index in [1.165, 1.54) is 0 Å². The summed E-state index contributed by atoms with van der Waals surface area (Å²) in [6, 6.07) is 10.3. The van der Waals surface area contributed by atoms with Crippen LogP contribution in [-0.2, 0) is 19.4 Å². The molecule has 0 radical (unpaired) electrons. The van der Waals surface area contributed by atoms with Crippen LogP contribution in [-0.4, -0.2) is 64.2 Å². The van der Waals surface area contributed by atoms with Crippen molar-refractivity contribution in [2.24, 2.45) is 0 Å². The van der Waals surface area contributed by atoms with E-state index in [4.69, 9.17) is 4.74 Å². The Balaban J connectivity index is 1.74. The molecule has 8 nitrogen and oxygen atoms in total. The normalized spacial score (nSPS) is 14.2. The number of para-hydroxylation sites is 1. The minimum absolute atomic E-state index is 0.147. The predicted octanol–water partition coefficient (Wildman–Crippen LogP) is 2.23. The molecule has 9 heteroatoms. The number of morpholine rings is 1. The first-order chi connectivity index (χ1) is 14.7. The fraction of sp³-hybridized carbons (Fsp3) is 0.364. The smallest absolute Gasteiger partial charge is 0.256 e. The van der Waals surface area contributed by atoms with Crippen LogP contribution in [0.2, 0.25) is 0 Å². The number of ether oxygens (including phenoxy) is 1. The second-order valence-electron chi connectivity index (χ2n) is 7.58. The quantitative estimate of drug-likeness (QED) is 0.707. The number of anilines is 2. The summed E-state index contributed by atoms with van der Waals surface area (Å²) < 4.78 is 29.7. The molecule has 1 heterocycles. The number of aryl methyl sites for hydroxylation is 2. The van der Waals surface area contributed by atoms with Gasteiger partial charge >= 0.3 is 0 Å². The maximum Gasteiger partial charge on any atom is 0.256 e. The van der Waals surface area contributed by atoms with Crippen LogP contribution in [0.4, 0.5) is 11.4 Å². The molecule has 0 unspecified atom stereocenters. The van der Waals surface area contributed by atoms with E-state index in [0.717, 1.165) is 11.8 Å². The van der Waals surface area contributed by atoms with E-state index in [1.54, 1.807) is 48.2 Å². The number of nitrogens with one attached hydrogen (secondary N) is 2. The van der Waals surface area contributed by atoms with E-state index in [0.29, 0.717) is 48.8 Å². The Morgan fingerprint density at radius 3 is 2.42 bits per heavy atom. The fourth-order valence-corrected chi connectivity index (χ4v) is 4.84. The number of benzene rings is 2. The van der Waals surface area contributed by atoms with Crippen molar-refractivity contribution in [3.05, 3.63) is 53.1 Å². The lowest BCUT2D eigenvalue weighted by molar-refractivity contribution is -0.114. The molecular formula is C22H27N3O5S. The van der Waals surface area contributed by atoms with Gasteiger partial charge in [0.25, 0.3) is 5.91 Å². The zero-order valence-electron chi connectivity index (χ0n) is 17.9. The molecule has 0 saturated carbocycles. The molecule has 3 rings (SSSR count). The van der Waals surface area contributed by atoms with E-state index < -0.39 is 9.84 Å². The van der Waals surface area contributed by atoms with Gasteiger partial charge in [0.05, 0.1) is 41.6 Å². The van der Waals surface area contributed by atoms with Crippen LogP contribution in [0.15, 0.2) is 41.3 Å². The van der Waals surface area contributed by atoms with Gasteiger partial charge in [-0.05, 0) is 43.2 Å². The lowest BCUT2D eigenvalue weighted by atomic mass is 10.1. The molecule has 1 aliphatic rings. The van der Waals surface area contributed by atoms with E-state index in [1.807, 2.05) is 6.92 Å². The highest BCUT2D eigenvalue weighted by atomic mass is 32.2. The van der Waals surface area contributed by atoms with Crippen molar-refractivity contribution in [3.63, 3.8) is 0 Å². The van der Waals surface area contributed by atoms with Gasteiger partial charge in [-0.15, -0.1) is 0 Å². The summed E-state index contributed by atoms with van der Waals surface area (Å²) in [5, 5.41) is 5.69. The molecule has 0 aromatic heterocycles. The van der Waals surface area contributed by atoms with Crippen LogP contribution in [0, 0.1) is 13.8 Å². The van der Waals surface area contributed by atoms with E-state index >= 15 is 0 Å². The summed E-state index contributed by atoms with van der Waals surface area (Å²) in [6.07, 6.45) is 1.14. The SMILES string of the molecule is Cc1cc(C)c(S(C)(=O)=O)c(NCC(=O)Nc2ccccc2C(=O)N2CCOCC2)c1. The molecule has 1 saturated heterocycles. The minimum Gasteiger partial charge on any atom is -0.378 e. The highest BCUT2D eigenvalue weighted by Crippen LogP contribution is 2.27. The molecule has 0 bridgehead atoms. The predicted molar refractivity (Wildman–Crippen MR) is 119 cm³/mol. The summed E-state index contributed by atoms with van der Waals surface area (Å²) in [5.41, 5.74) is 2.70. The first-order valence-corrected chi connectivity index (χ1v) is 11.9. The Kier molecular flexibility index (Phi) is 6.97. The molecular weight excluding hydrogens is 418 g/mol. The van der Waals surface area contributed by atoms with Crippen LogP contribution >= 0.6 is 0 Å². The number of nitrogens with zero attached hydrogens (tertiary/aromatic N) is 1. The molecule has 0 atom stereocenters. The van der Waals surface area contributed by atoms with Crippen molar-refractivity contribution in [1.29, 1.82) is 0 Å². The van der Waals surface area contributed by atoms with Gasteiger partial charge in [-0.25, -0.2) is 8.42 Å². The highest BCUT2D eigenvalue weighted by Gasteiger charge is 2.22. The molecule has 2 N–H and O–H groups in total. The molecule has 0 spiro atoms. The third-order valence-corrected chi connectivity index (χ3v) is 6.24. The van der Waals surface area contributed by atoms with Gasteiger partial charge in [0.2, 0.25) is 5.91 Å². The maximum absolute atomic E-state index is 12.8. The Labute approximate surface area is 182 Å². The topological polar surface area (TPSA) is 105 Å². The third-order valence-electron chi connectivity index (χ3n) is 4.96. The number of carbonyl (C=O) groups is 2. The van der Waals surface area contributed by atoms with E-state index in [2.05, 4.69) is 10.6 Å². The molecule has 166 valence electrons.